The highest BCUT2D eigenvalue weighted by Crippen LogP contribution is 2.20. The van der Waals surface area contributed by atoms with Crippen LogP contribution >= 0.6 is 23.1 Å². The molecule has 0 saturated heterocycles. The number of benzene rings is 2. The van der Waals surface area contributed by atoms with Gasteiger partial charge in [0.1, 0.15) is 5.75 Å². The summed E-state index contributed by atoms with van der Waals surface area (Å²) in [6.45, 7) is 0. The monoisotopic (exact) mass is 381 g/mol. The summed E-state index contributed by atoms with van der Waals surface area (Å²) in [4.78, 5) is 18.9. The maximum Gasteiger partial charge on any atom is 0.291 e. The Morgan fingerprint density at radius 1 is 1.12 bits per heavy atom. The number of hydrogen-bond donors (Lipinski definition) is 0. The molecule has 0 fully saturated rings. The Bertz CT molecular complexity index is 1160. The fourth-order valence-corrected chi connectivity index (χ4v) is 3.86. The van der Waals surface area contributed by atoms with E-state index in [2.05, 4.69) is 10.1 Å². The third-order valence-electron chi connectivity index (χ3n) is 3.94. The quantitative estimate of drug-likeness (QED) is 0.509. The Balaban J connectivity index is 1.72. The van der Waals surface area contributed by atoms with Crippen molar-refractivity contribution in [3.63, 3.8) is 0 Å². The number of rotatable bonds is 4. The van der Waals surface area contributed by atoms with Crippen molar-refractivity contribution in [3.8, 4) is 17.1 Å². The number of fused-ring (bicyclic) bond motifs is 1. The predicted molar refractivity (Wildman–Crippen MR) is 106 cm³/mol. The first kappa shape index (κ1) is 16.8. The van der Waals surface area contributed by atoms with Gasteiger partial charge in [0.05, 0.1) is 11.6 Å². The lowest BCUT2D eigenvalue weighted by Crippen LogP contribution is -2.23. The van der Waals surface area contributed by atoms with Crippen molar-refractivity contribution in [1.82, 2.24) is 14.6 Å². The molecule has 0 amide bonds. The molecule has 0 saturated carbocycles. The van der Waals surface area contributed by atoms with Crippen molar-refractivity contribution in [2.24, 2.45) is 0 Å². The Morgan fingerprint density at radius 3 is 2.46 bits per heavy atom. The topological polar surface area (TPSA) is 56.5 Å². The van der Waals surface area contributed by atoms with E-state index in [1.807, 2.05) is 60.9 Å². The van der Waals surface area contributed by atoms with Gasteiger partial charge in [0.15, 0.2) is 5.82 Å². The van der Waals surface area contributed by atoms with Crippen molar-refractivity contribution >= 4 is 34.1 Å². The van der Waals surface area contributed by atoms with Gasteiger partial charge in [-0.05, 0) is 54.3 Å². The molecule has 2 aromatic heterocycles. The zero-order chi connectivity index (χ0) is 18.1. The molecule has 0 aliphatic carbocycles. The molecule has 0 spiro atoms. The van der Waals surface area contributed by atoms with Crippen LogP contribution in [0.15, 0.2) is 58.2 Å². The molecule has 0 unspecified atom stereocenters. The Morgan fingerprint density at radius 2 is 1.85 bits per heavy atom. The molecule has 0 bridgehead atoms. The van der Waals surface area contributed by atoms with E-state index in [1.165, 1.54) is 20.7 Å². The van der Waals surface area contributed by atoms with Crippen molar-refractivity contribution in [1.29, 1.82) is 0 Å². The number of aromatic nitrogens is 3. The average molecular weight is 381 g/mol. The summed E-state index contributed by atoms with van der Waals surface area (Å²) in [5, 5.41) is 4.37. The second kappa shape index (κ2) is 6.93. The van der Waals surface area contributed by atoms with Crippen molar-refractivity contribution in [2.75, 3.05) is 13.4 Å². The molecule has 2 aromatic carbocycles. The van der Waals surface area contributed by atoms with Gasteiger partial charge in [0.2, 0.25) is 4.96 Å². The number of nitrogens with zero attached hydrogens (tertiary/aromatic N) is 3. The molecule has 7 heteroatoms. The van der Waals surface area contributed by atoms with Crippen LogP contribution in [0.25, 0.3) is 22.4 Å². The van der Waals surface area contributed by atoms with E-state index in [0.717, 1.165) is 16.9 Å². The number of methoxy groups -OCH3 is 1. The van der Waals surface area contributed by atoms with E-state index in [0.29, 0.717) is 15.3 Å². The highest BCUT2D eigenvalue weighted by atomic mass is 32.2. The highest BCUT2D eigenvalue weighted by molar-refractivity contribution is 7.98. The minimum atomic E-state index is -0.147. The largest absolute Gasteiger partial charge is 0.497 e. The maximum absolute atomic E-state index is 12.6. The minimum Gasteiger partial charge on any atom is -0.497 e. The number of thioether (sulfide) groups is 1. The van der Waals surface area contributed by atoms with E-state index in [1.54, 1.807) is 18.9 Å². The van der Waals surface area contributed by atoms with Crippen molar-refractivity contribution in [3.05, 3.63) is 69.0 Å². The van der Waals surface area contributed by atoms with Crippen LogP contribution in [0.1, 0.15) is 5.56 Å². The van der Waals surface area contributed by atoms with Crippen LogP contribution in [0.4, 0.5) is 0 Å². The molecule has 0 radical (unpaired) electrons. The smallest absolute Gasteiger partial charge is 0.291 e. The van der Waals surface area contributed by atoms with Gasteiger partial charge in [-0.15, -0.1) is 16.9 Å². The highest BCUT2D eigenvalue weighted by Gasteiger charge is 2.12. The van der Waals surface area contributed by atoms with E-state index in [9.17, 15) is 4.79 Å². The van der Waals surface area contributed by atoms with Crippen molar-refractivity contribution < 1.29 is 4.74 Å². The molecular formula is C19H15N3O2S2. The van der Waals surface area contributed by atoms with Crippen LogP contribution in [0.3, 0.4) is 0 Å². The van der Waals surface area contributed by atoms with Crippen LogP contribution in [0.2, 0.25) is 0 Å². The fourth-order valence-electron chi connectivity index (χ4n) is 2.55. The van der Waals surface area contributed by atoms with E-state index < -0.39 is 0 Å². The Kier molecular flexibility index (Phi) is 4.48. The maximum atomic E-state index is 12.6. The van der Waals surface area contributed by atoms with E-state index >= 15 is 0 Å². The molecule has 0 atom stereocenters. The van der Waals surface area contributed by atoms with Crippen LogP contribution in [-0.4, -0.2) is 28.0 Å². The van der Waals surface area contributed by atoms with Crippen LogP contribution in [0.5, 0.6) is 5.75 Å². The third-order valence-corrected chi connectivity index (χ3v) is 5.65. The van der Waals surface area contributed by atoms with Gasteiger partial charge >= 0.3 is 0 Å². The molecule has 4 rings (SSSR count). The summed E-state index contributed by atoms with van der Waals surface area (Å²) in [6.07, 6.45) is 3.91. The van der Waals surface area contributed by atoms with E-state index in [-0.39, 0.29) is 5.56 Å². The van der Waals surface area contributed by atoms with E-state index in [4.69, 9.17) is 4.74 Å². The lowest BCUT2D eigenvalue weighted by atomic mass is 10.2. The number of thiazole rings is 1. The first-order chi connectivity index (χ1) is 12.7. The molecule has 26 heavy (non-hydrogen) atoms. The molecule has 5 nitrogen and oxygen atoms in total. The lowest BCUT2D eigenvalue weighted by Gasteiger charge is -1.99. The average Bonchev–Trinajstić information content (AvgIpc) is 3.22. The van der Waals surface area contributed by atoms with Crippen molar-refractivity contribution in [2.45, 2.75) is 4.90 Å². The first-order valence-corrected chi connectivity index (χ1v) is 9.92. The second-order valence-corrected chi connectivity index (χ2v) is 7.44. The van der Waals surface area contributed by atoms with Crippen LogP contribution < -0.4 is 14.8 Å². The zero-order valence-electron chi connectivity index (χ0n) is 14.2. The van der Waals surface area contributed by atoms with Gasteiger partial charge < -0.3 is 4.74 Å². The van der Waals surface area contributed by atoms with Gasteiger partial charge in [0, 0.05) is 10.5 Å². The molecular weight excluding hydrogens is 366 g/mol. The lowest BCUT2D eigenvalue weighted by molar-refractivity contribution is 0.415. The van der Waals surface area contributed by atoms with Gasteiger partial charge in [-0.25, -0.2) is 0 Å². The van der Waals surface area contributed by atoms with Gasteiger partial charge in [-0.1, -0.05) is 23.5 Å². The third kappa shape index (κ3) is 3.11. The van der Waals surface area contributed by atoms with Gasteiger partial charge in [-0.3, -0.25) is 4.79 Å². The molecule has 0 aliphatic rings. The summed E-state index contributed by atoms with van der Waals surface area (Å²) < 4.78 is 7.15. The standard InChI is InChI=1S/C19H15N3O2S2/c1-24-14-7-5-13(6-8-14)17-20-19-22(21-17)18(23)16(26-19)11-12-3-9-15(25-2)10-4-12/h3-11H,1-2H3/b16-11-. The normalized spacial score (nSPS) is 12.0. The SMILES string of the molecule is COc1ccc(-c2nc3s/c(=C\c4ccc(SC)cc4)c(=O)n3n2)cc1. The summed E-state index contributed by atoms with van der Waals surface area (Å²) in [7, 11) is 1.62. The van der Waals surface area contributed by atoms with Crippen LogP contribution in [0, 0.1) is 0 Å². The summed E-state index contributed by atoms with van der Waals surface area (Å²) in [5.74, 6) is 1.30. The molecule has 0 N–H and O–H groups in total. The predicted octanol–water partition coefficient (Wildman–Crippen LogP) is 3.10. The zero-order valence-corrected chi connectivity index (χ0v) is 15.8. The van der Waals surface area contributed by atoms with Gasteiger partial charge in [0.25, 0.3) is 5.56 Å². The van der Waals surface area contributed by atoms with Crippen LogP contribution in [-0.2, 0) is 0 Å². The Hall–Kier alpha value is -2.64. The summed E-state index contributed by atoms with van der Waals surface area (Å²) in [5.41, 5.74) is 1.69. The summed E-state index contributed by atoms with van der Waals surface area (Å²) in [6, 6.07) is 15.5. The second-order valence-electron chi connectivity index (χ2n) is 5.55. The Labute approximate surface area is 158 Å². The van der Waals surface area contributed by atoms with Gasteiger partial charge in [-0.2, -0.15) is 9.50 Å². The molecule has 2 heterocycles. The molecule has 130 valence electrons. The molecule has 4 aromatic rings. The number of ether oxygens (including phenoxy) is 1. The minimum absolute atomic E-state index is 0.147. The number of hydrogen-bond acceptors (Lipinski definition) is 6. The summed E-state index contributed by atoms with van der Waals surface area (Å²) >= 11 is 3.03. The fraction of sp³-hybridized carbons (Fsp3) is 0.105. The molecule has 0 aliphatic heterocycles. The first-order valence-electron chi connectivity index (χ1n) is 7.88.